The average Bonchev–Trinajstić information content (AvgIpc) is 3.26. The molecule has 0 saturated heterocycles. The van der Waals surface area contributed by atoms with Crippen LogP contribution in [-0.4, -0.2) is 40.3 Å². The van der Waals surface area contributed by atoms with Crippen molar-refractivity contribution in [1.29, 1.82) is 0 Å². The van der Waals surface area contributed by atoms with Gasteiger partial charge in [0.2, 0.25) is 11.7 Å². The number of fused-ring (bicyclic) bond motifs is 1. The van der Waals surface area contributed by atoms with E-state index in [1.165, 1.54) is 21.3 Å². The van der Waals surface area contributed by atoms with Crippen molar-refractivity contribution in [3.8, 4) is 23.0 Å². The molecule has 4 aromatic rings. The molecule has 1 heterocycles. The highest BCUT2D eigenvalue weighted by molar-refractivity contribution is 6.15. The Morgan fingerprint density at radius 1 is 0.778 bits per heavy atom. The summed E-state index contributed by atoms with van der Waals surface area (Å²) in [6.07, 6.45) is 0.0463. The molecular weight excluding hydrogens is 464 g/mol. The highest BCUT2D eigenvalue weighted by Crippen LogP contribution is 2.34. The van der Waals surface area contributed by atoms with Crippen molar-refractivity contribution in [2.24, 2.45) is 0 Å². The fourth-order valence-electron chi connectivity index (χ4n) is 3.78. The molecule has 0 aliphatic carbocycles. The van der Waals surface area contributed by atoms with Crippen molar-refractivity contribution in [1.82, 2.24) is 0 Å². The third kappa shape index (κ3) is 5.05. The molecule has 186 valence electrons. The number of rotatable bonds is 9. The largest absolute Gasteiger partial charge is 0.497 e. The molecule has 2 amide bonds. The lowest BCUT2D eigenvalue weighted by molar-refractivity contribution is -0.115. The van der Waals surface area contributed by atoms with Crippen LogP contribution in [0, 0.1) is 0 Å². The van der Waals surface area contributed by atoms with Crippen LogP contribution in [0.4, 0.5) is 11.4 Å². The number of hydrogen-bond acceptors (Lipinski definition) is 7. The predicted octanol–water partition coefficient (Wildman–Crippen LogP) is 4.90. The molecule has 0 atom stereocenters. The third-order valence-electron chi connectivity index (χ3n) is 5.53. The standard InChI is InChI=1S/C27H26N2O7/c1-32-17-10-12-21(33-2)19(15-17)28-27(31)26-25(18-7-5-6-8-20(18)36-26)29-24(30)14-16-9-11-22(34-3)23(13-16)35-4/h5-13,15H,14H2,1-4H3,(H,28,31)(H,29,30). The summed E-state index contributed by atoms with van der Waals surface area (Å²) in [5.74, 6) is 1.14. The van der Waals surface area contributed by atoms with Crippen molar-refractivity contribution in [3.63, 3.8) is 0 Å². The summed E-state index contributed by atoms with van der Waals surface area (Å²) in [5.41, 5.74) is 1.84. The molecule has 9 nitrogen and oxygen atoms in total. The molecule has 4 rings (SSSR count). The molecule has 0 aliphatic heterocycles. The molecule has 0 saturated carbocycles. The van der Waals surface area contributed by atoms with Crippen molar-refractivity contribution < 1.29 is 33.0 Å². The summed E-state index contributed by atoms with van der Waals surface area (Å²) in [6, 6.07) is 17.3. The van der Waals surface area contributed by atoms with E-state index in [1.807, 2.05) is 0 Å². The summed E-state index contributed by atoms with van der Waals surface area (Å²) >= 11 is 0. The summed E-state index contributed by atoms with van der Waals surface area (Å²) < 4.78 is 27.0. The third-order valence-corrected chi connectivity index (χ3v) is 5.53. The first-order valence-electron chi connectivity index (χ1n) is 11.0. The number of amides is 2. The minimum atomic E-state index is -0.556. The number of methoxy groups -OCH3 is 4. The van der Waals surface area contributed by atoms with Gasteiger partial charge in [-0.3, -0.25) is 9.59 Å². The first kappa shape index (κ1) is 24.5. The number of carbonyl (C=O) groups is 2. The Morgan fingerprint density at radius 3 is 2.22 bits per heavy atom. The van der Waals surface area contributed by atoms with E-state index in [2.05, 4.69) is 10.6 Å². The van der Waals surface area contributed by atoms with E-state index < -0.39 is 5.91 Å². The van der Waals surface area contributed by atoms with Gasteiger partial charge in [-0.1, -0.05) is 18.2 Å². The average molecular weight is 491 g/mol. The lowest BCUT2D eigenvalue weighted by Gasteiger charge is -2.12. The maximum atomic E-state index is 13.3. The number of carbonyl (C=O) groups excluding carboxylic acids is 2. The van der Waals surface area contributed by atoms with E-state index in [1.54, 1.807) is 67.8 Å². The van der Waals surface area contributed by atoms with Gasteiger partial charge in [-0.05, 0) is 42.0 Å². The van der Waals surface area contributed by atoms with E-state index in [0.717, 1.165) is 0 Å². The van der Waals surface area contributed by atoms with Crippen LogP contribution >= 0.6 is 0 Å². The van der Waals surface area contributed by atoms with Gasteiger partial charge in [0.25, 0.3) is 5.91 Å². The van der Waals surface area contributed by atoms with Crippen molar-refractivity contribution in [2.75, 3.05) is 39.1 Å². The zero-order chi connectivity index (χ0) is 25.7. The zero-order valence-corrected chi connectivity index (χ0v) is 20.3. The monoisotopic (exact) mass is 490 g/mol. The Balaban J connectivity index is 1.62. The van der Waals surface area contributed by atoms with Crippen LogP contribution < -0.4 is 29.6 Å². The number of benzene rings is 3. The van der Waals surface area contributed by atoms with E-state index >= 15 is 0 Å². The Morgan fingerprint density at radius 2 is 1.50 bits per heavy atom. The van der Waals surface area contributed by atoms with Crippen molar-refractivity contribution in [2.45, 2.75) is 6.42 Å². The van der Waals surface area contributed by atoms with Crippen LogP contribution in [0.5, 0.6) is 23.0 Å². The molecular formula is C27H26N2O7. The Labute approximate surface area is 207 Å². The molecule has 1 aromatic heterocycles. The highest BCUT2D eigenvalue weighted by Gasteiger charge is 2.23. The minimum Gasteiger partial charge on any atom is -0.497 e. The molecule has 0 unspecified atom stereocenters. The van der Waals surface area contributed by atoms with E-state index in [4.69, 9.17) is 23.4 Å². The van der Waals surface area contributed by atoms with Crippen LogP contribution in [0.25, 0.3) is 11.0 Å². The normalized spacial score (nSPS) is 10.6. The van der Waals surface area contributed by atoms with Crippen LogP contribution in [-0.2, 0) is 11.2 Å². The molecule has 0 aliphatic rings. The number of nitrogens with one attached hydrogen (secondary N) is 2. The maximum absolute atomic E-state index is 13.3. The fourth-order valence-corrected chi connectivity index (χ4v) is 3.78. The number of hydrogen-bond donors (Lipinski definition) is 2. The molecule has 0 spiro atoms. The topological polar surface area (TPSA) is 108 Å². The summed E-state index contributed by atoms with van der Waals surface area (Å²) in [6.45, 7) is 0. The lowest BCUT2D eigenvalue weighted by Crippen LogP contribution is -2.18. The molecule has 0 bridgehead atoms. The quantitative estimate of drug-likeness (QED) is 0.344. The second-order valence-electron chi connectivity index (χ2n) is 7.74. The number of ether oxygens (including phenoxy) is 4. The second-order valence-corrected chi connectivity index (χ2v) is 7.74. The summed E-state index contributed by atoms with van der Waals surface area (Å²) in [5, 5.41) is 6.23. The maximum Gasteiger partial charge on any atom is 0.293 e. The highest BCUT2D eigenvalue weighted by atomic mass is 16.5. The Kier molecular flexibility index (Phi) is 7.29. The van der Waals surface area contributed by atoms with Crippen LogP contribution in [0.3, 0.4) is 0 Å². The molecule has 0 radical (unpaired) electrons. The van der Waals surface area contributed by atoms with Gasteiger partial charge in [0.15, 0.2) is 11.5 Å². The fraction of sp³-hybridized carbons (Fsp3) is 0.185. The van der Waals surface area contributed by atoms with Crippen LogP contribution in [0.1, 0.15) is 16.1 Å². The number of anilines is 2. The predicted molar refractivity (Wildman–Crippen MR) is 136 cm³/mol. The van der Waals surface area contributed by atoms with Gasteiger partial charge in [-0.2, -0.15) is 0 Å². The SMILES string of the molecule is COc1ccc(OC)c(NC(=O)c2oc3ccccc3c2NC(=O)Cc2ccc(OC)c(OC)c2)c1. The first-order chi connectivity index (χ1) is 17.5. The van der Waals surface area contributed by atoms with Crippen LogP contribution in [0.15, 0.2) is 65.1 Å². The van der Waals surface area contributed by atoms with Gasteiger partial charge in [-0.25, -0.2) is 0 Å². The van der Waals surface area contributed by atoms with E-state index in [0.29, 0.717) is 45.2 Å². The Hall–Kier alpha value is -4.66. The van der Waals surface area contributed by atoms with Gasteiger partial charge < -0.3 is 34.0 Å². The minimum absolute atomic E-state index is 0.0401. The lowest BCUT2D eigenvalue weighted by atomic mass is 10.1. The smallest absolute Gasteiger partial charge is 0.293 e. The van der Waals surface area contributed by atoms with Crippen LogP contribution in [0.2, 0.25) is 0 Å². The van der Waals surface area contributed by atoms with Gasteiger partial charge in [0, 0.05) is 11.5 Å². The van der Waals surface area contributed by atoms with Crippen molar-refractivity contribution >= 4 is 34.2 Å². The Bertz CT molecular complexity index is 1410. The van der Waals surface area contributed by atoms with Crippen molar-refractivity contribution in [3.05, 3.63) is 72.0 Å². The number of para-hydroxylation sites is 1. The first-order valence-corrected chi connectivity index (χ1v) is 11.0. The van der Waals surface area contributed by atoms with Gasteiger partial charge >= 0.3 is 0 Å². The molecule has 36 heavy (non-hydrogen) atoms. The van der Waals surface area contributed by atoms with E-state index in [-0.39, 0.29) is 23.8 Å². The van der Waals surface area contributed by atoms with Gasteiger partial charge in [0.05, 0.1) is 40.5 Å². The molecule has 3 aromatic carbocycles. The van der Waals surface area contributed by atoms with Gasteiger partial charge in [0.1, 0.15) is 22.8 Å². The van der Waals surface area contributed by atoms with E-state index in [9.17, 15) is 9.59 Å². The molecule has 9 heteroatoms. The van der Waals surface area contributed by atoms with Gasteiger partial charge in [-0.15, -0.1) is 0 Å². The summed E-state index contributed by atoms with van der Waals surface area (Å²) in [7, 11) is 6.10. The number of furan rings is 1. The summed E-state index contributed by atoms with van der Waals surface area (Å²) in [4.78, 5) is 26.3. The zero-order valence-electron chi connectivity index (χ0n) is 20.3. The molecule has 0 fully saturated rings. The second kappa shape index (κ2) is 10.7. The molecule has 2 N–H and O–H groups in total.